The van der Waals surface area contributed by atoms with Gasteiger partial charge in [-0.2, -0.15) is 13.2 Å². The molecule has 28 heavy (non-hydrogen) atoms. The maximum Gasteiger partial charge on any atom is 0.416 e. The summed E-state index contributed by atoms with van der Waals surface area (Å²) >= 11 is 0. The highest BCUT2D eigenvalue weighted by Gasteiger charge is 2.44. The average molecular weight is 393 g/mol. The van der Waals surface area contributed by atoms with Gasteiger partial charge in [0.15, 0.2) is 0 Å². The number of carbonyl (C=O) groups excluding carboxylic acids is 4. The van der Waals surface area contributed by atoms with E-state index >= 15 is 0 Å². The first-order valence-corrected chi connectivity index (χ1v) is 8.57. The molecule has 1 aromatic carbocycles. The number of fused-ring (bicyclic) bond motifs is 1. The van der Waals surface area contributed by atoms with Crippen molar-refractivity contribution < 1.29 is 32.3 Å². The fourth-order valence-electron chi connectivity index (χ4n) is 3.72. The van der Waals surface area contributed by atoms with E-state index in [1.54, 1.807) is 0 Å². The van der Waals surface area contributed by atoms with Crippen LogP contribution in [0.3, 0.4) is 0 Å². The number of halogens is 3. The largest absolute Gasteiger partial charge is 0.416 e. The van der Waals surface area contributed by atoms with E-state index in [2.05, 4.69) is 5.32 Å². The molecule has 1 fully saturated rings. The van der Waals surface area contributed by atoms with Crippen molar-refractivity contribution in [2.24, 2.45) is 0 Å². The molecule has 146 valence electrons. The van der Waals surface area contributed by atoms with Crippen LogP contribution in [0, 0.1) is 0 Å². The molecule has 3 heterocycles. The molecule has 4 rings (SSSR count). The van der Waals surface area contributed by atoms with Crippen LogP contribution in [0.2, 0.25) is 0 Å². The van der Waals surface area contributed by atoms with Gasteiger partial charge >= 0.3 is 6.18 Å². The fourth-order valence-corrected chi connectivity index (χ4v) is 3.72. The quantitative estimate of drug-likeness (QED) is 0.762. The Morgan fingerprint density at radius 2 is 1.82 bits per heavy atom. The highest BCUT2D eigenvalue weighted by molar-refractivity contribution is 6.20. The van der Waals surface area contributed by atoms with Crippen molar-refractivity contribution >= 4 is 29.3 Å². The lowest BCUT2D eigenvalue weighted by atomic mass is 10.0. The molecular formula is C18H14F3N3O4. The zero-order valence-corrected chi connectivity index (χ0v) is 14.4. The zero-order valence-electron chi connectivity index (χ0n) is 14.4. The summed E-state index contributed by atoms with van der Waals surface area (Å²) in [7, 11) is 0. The Morgan fingerprint density at radius 1 is 1.07 bits per heavy atom. The van der Waals surface area contributed by atoms with Gasteiger partial charge in [0.05, 0.1) is 5.56 Å². The van der Waals surface area contributed by atoms with Crippen LogP contribution in [-0.4, -0.2) is 41.1 Å². The summed E-state index contributed by atoms with van der Waals surface area (Å²) in [5.41, 5.74) is 0.0789. The van der Waals surface area contributed by atoms with E-state index in [9.17, 15) is 32.3 Å². The molecule has 0 aromatic heterocycles. The Morgan fingerprint density at radius 3 is 2.50 bits per heavy atom. The number of anilines is 1. The zero-order chi connectivity index (χ0) is 20.2. The second kappa shape index (κ2) is 6.18. The summed E-state index contributed by atoms with van der Waals surface area (Å²) in [6.45, 7) is 0.241. The average Bonchev–Trinajstić information content (AvgIpc) is 3.15. The molecule has 10 heteroatoms. The van der Waals surface area contributed by atoms with Crippen LogP contribution in [0.1, 0.15) is 24.0 Å². The Kier molecular flexibility index (Phi) is 4.02. The van der Waals surface area contributed by atoms with Crippen molar-refractivity contribution in [1.29, 1.82) is 0 Å². The predicted octanol–water partition coefficient (Wildman–Crippen LogP) is 1.13. The number of nitrogens with one attached hydrogen (secondary N) is 1. The van der Waals surface area contributed by atoms with E-state index in [4.69, 9.17) is 0 Å². The van der Waals surface area contributed by atoms with E-state index in [-0.39, 0.29) is 31.5 Å². The summed E-state index contributed by atoms with van der Waals surface area (Å²) in [6.07, 6.45) is -3.05. The number of hydrogen-bond donors (Lipinski definition) is 1. The maximum absolute atomic E-state index is 12.9. The van der Waals surface area contributed by atoms with E-state index in [0.717, 1.165) is 23.1 Å². The number of piperidine rings is 1. The van der Waals surface area contributed by atoms with Crippen molar-refractivity contribution in [3.8, 4) is 0 Å². The highest BCUT2D eigenvalue weighted by Crippen LogP contribution is 2.38. The molecule has 1 unspecified atom stereocenters. The number of benzene rings is 1. The Bertz CT molecular complexity index is 954. The van der Waals surface area contributed by atoms with Crippen LogP contribution in [0.15, 0.2) is 30.0 Å². The van der Waals surface area contributed by atoms with Crippen molar-refractivity contribution in [2.45, 2.75) is 31.5 Å². The standard InChI is InChI=1S/C18H14F3N3O4/c19-18(20,21)10-1-2-11-9(7-10)5-6-23(11)13-8-15(26)24(17(13)28)12-3-4-14(25)22-16(12)27/h1-2,7-8,12H,3-6H2,(H,22,25,27). The van der Waals surface area contributed by atoms with Gasteiger partial charge in [0.25, 0.3) is 11.8 Å². The minimum atomic E-state index is -4.47. The van der Waals surface area contributed by atoms with E-state index in [0.29, 0.717) is 11.3 Å². The maximum atomic E-state index is 12.9. The van der Waals surface area contributed by atoms with Gasteiger partial charge in [0.2, 0.25) is 11.8 Å². The van der Waals surface area contributed by atoms with Gasteiger partial charge in [0.1, 0.15) is 11.7 Å². The third-order valence-corrected chi connectivity index (χ3v) is 5.05. The molecule has 0 radical (unpaired) electrons. The Labute approximate surface area is 156 Å². The van der Waals surface area contributed by atoms with Gasteiger partial charge in [-0.1, -0.05) is 0 Å². The molecule has 0 bridgehead atoms. The number of rotatable bonds is 2. The SMILES string of the molecule is O=C1CCC(N2C(=O)C=C(N3CCc4cc(C(F)(F)F)ccc43)C2=O)C(=O)N1. The lowest BCUT2D eigenvalue weighted by Gasteiger charge is -2.29. The number of hydrogen-bond acceptors (Lipinski definition) is 5. The lowest BCUT2D eigenvalue weighted by Crippen LogP contribution is -2.55. The molecule has 3 aliphatic heterocycles. The van der Waals surface area contributed by atoms with Gasteiger partial charge in [-0.15, -0.1) is 0 Å². The molecule has 1 atom stereocenters. The number of amides is 4. The topological polar surface area (TPSA) is 86.8 Å². The molecule has 0 spiro atoms. The molecular weight excluding hydrogens is 379 g/mol. The van der Waals surface area contributed by atoms with E-state index < -0.39 is 41.4 Å². The summed E-state index contributed by atoms with van der Waals surface area (Å²) in [6, 6.07) is 2.16. The molecule has 7 nitrogen and oxygen atoms in total. The Balaban J connectivity index is 1.60. The highest BCUT2D eigenvalue weighted by atomic mass is 19.4. The third-order valence-electron chi connectivity index (χ3n) is 5.05. The van der Waals surface area contributed by atoms with E-state index in [1.165, 1.54) is 11.0 Å². The van der Waals surface area contributed by atoms with Crippen LogP contribution in [0.25, 0.3) is 0 Å². The molecule has 1 N–H and O–H groups in total. The van der Waals surface area contributed by atoms with Crippen molar-refractivity contribution in [3.05, 3.63) is 41.1 Å². The van der Waals surface area contributed by atoms with Crippen LogP contribution >= 0.6 is 0 Å². The van der Waals surface area contributed by atoms with Gasteiger partial charge in [-0.25, -0.2) is 0 Å². The molecule has 3 aliphatic rings. The van der Waals surface area contributed by atoms with Crippen molar-refractivity contribution in [1.82, 2.24) is 10.2 Å². The van der Waals surface area contributed by atoms with Crippen LogP contribution in [0.4, 0.5) is 18.9 Å². The van der Waals surface area contributed by atoms with Crippen LogP contribution < -0.4 is 10.2 Å². The van der Waals surface area contributed by atoms with Gasteiger partial charge in [0, 0.05) is 24.7 Å². The first kappa shape index (κ1) is 18.2. The number of imide groups is 2. The van der Waals surface area contributed by atoms with E-state index in [1.807, 2.05) is 0 Å². The van der Waals surface area contributed by atoms with Gasteiger partial charge in [-0.3, -0.25) is 29.4 Å². The third kappa shape index (κ3) is 2.85. The number of alkyl halides is 3. The van der Waals surface area contributed by atoms with Crippen LogP contribution in [0.5, 0.6) is 0 Å². The molecule has 1 saturated heterocycles. The van der Waals surface area contributed by atoms with Gasteiger partial charge in [-0.05, 0) is 36.6 Å². The first-order chi connectivity index (χ1) is 13.2. The predicted molar refractivity (Wildman–Crippen MR) is 88.6 cm³/mol. The smallest absolute Gasteiger partial charge is 0.336 e. The van der Waals surface area contributed by atoms with Crippen LogP contribution in [-0.2, 0) is 31.8 Å². The molecule has 1 aromatic rings. The summed E-state index contributed by atoms with van der Waals surface area (Å²) in [5.74, 6) is -2.58. The molecule has 0 saturated carbocycles. The lowest BCUT2D eigenvalue weighted by molar-refractivity contribution is -0.149. The summed E-state index contributed by atoms with van der Waals surface area (Å²) in [4.78, 5) is 50.8. The van der Waals surface area contributed by atoms with Crippen molar-refractivity contribution in [2.75, 3.05) is 11.4 Å². The molecule has 0 aliphatic carbocycles. The monoisotopic (exact) mass is 393 g/mol. The fraction of sp³-hybridized carbons (Fsp3) is 0.333. The number of nitrogens with zero attached hydrogens (tertiary/aromatic N) is 2. The minimum absolute atomic E-state index is 0.00760. The number of carbonyl (C=O) groups is 4. The second-order valence-corrected chi connectivity index (χ2v) is 6.75. The summed E-state index contributed by atoms with van der Waals surface area (Å²) in [5, 5.41) is 2.10. The van der Waals surface area contributed by atoms with Crippen molar-refractivity contribution in [3.63, 3.8) is 0 Å². The second-order valence-electron chi connectivity index (χ2n) is 6.75. The first-order valence-electron chi connectivity index (χ1n) is 8.57. The Hall–Kier alpha value is -3.17. The normalized spacial score (nSPS) is 22.5. The molecule has 4 amide bonds. The minimum Gasteiger partial charge on any atom is -0.336 e. The summed E-state index contributed by atoms with van der Waals surface area (Å²) < 4.78 is 38.7. The van der Waals surface area contributed by atoms with Gasteiger partial charge < -0.3 is 4.90 Å².